The first-order valence-corrected chi connectivity index (χ1v) is 7.79. The van der Waals surface area contributed by atoms with E-state index in [9.17, 15) is 0 Å². The van der Waals surface area contributed by atoms with Gasteiger partial charge in [0.1, 0.15) is 0 Å². The van der Waals surface area contributed by atoms with Crippen LogP contribution < -0.4 is 5.73 Å². The van der Waals surface area contributed by atoms with Gasteiger partial charge in [-0.1, -0.05) is 32.6 Å². The van der Waals surface area contributed by atoms with Crippen LogP contribution in [0.15, 0.2) is 0 Å². The molecule has 0 aromatic rings. The molecule has 0 aromatic heterocycles. The number of rotatable bonds is 5. The molecule has 2 N–H and O–H groups in total. The Hall–Kier alpha value is -0.0800. The van der Waals surface area contributed by atoms with Crippen molar-refractivity contribution in [3.05, 3.63) is 0 Å². The molecule has 100 valence electrons. The molecule has 0 bridgehead atoms. The Labute approximate surface area is 107 Å². The van der Waals surface area contributed by atoms with Gasteiger partial charge < -0.3 is 5.73 Å². The van der Waals surface area contributed by atoms with Crippen molar-refractivity contribution in [3.63, 3.8) is 0 Å². The monoisotopic (exact) mass is 238 g/mol. The van der Waals surface area contributed by atoms with Gasteiger partial charge in [0.15, 0.2) is 0 Å². The van der Waals surface area contributed by atoms with E-state index < -0.39 is 0 Å². The highest BCUT2D eigenvalue weighted by Crippen LogP contribution is 2.32. The summed E-state index contributed by atoms with van der Waals surface area (Å²) < 4.78 is 0. The van der Waals surface area contributed by atoms with Gasteiger partial charge in [-0.05, 0) is 44.1 Å². The molecule has 1 heterocycles. The molecule has 2 aliphatic rings. The first kappa shape index (κ1) is 13.4. The van der Waals surface area contributed by atoms with E-state index in [-0.39, 0.29) is 0 Å². The number of nitrogens with two attached hydrogens (primary N) is 1. The molecule has 1 saturated heterocycles. The van der Waals surface area contributed by atoms with Crippen molar-refractivity contribution in [3.8, 4) is 0 Å². The minimum atomic E-state index is 0.692. The lowest BCUT2D eigenvalue weighted by Gasteiger charge is -2.36. The maximum atomic E-state index is 6.06. The maximum absolute atomic E-state index is 6.06. The lowest BCUT2D eigenvalue weighted by molar-refractivity contribution is 0.143. The molecule has 2 rings (SSSR count). The maximum Gasteiger partial charge on any atom is 0.0246 e. The van der Waals surface area contributed by atoms with Crippen molar-refractivity contribution >= 4 is 0 Å². The van der Waals surface area contributed by atoms with Crippen LogP contribution in [0.1, 0.15) is 58.3 Å². The Morgan fingerprint density at radius 2 is 1.94 bits per heavy atom. The van der Waals surface area contributed by atoms with Gasteiger partial charge >= 0.3 is 0 Å². The molecule has 2 atom stereocenters. The number of hydrogen-bond acceptors (Lipinski definition) is 2. The summed E-state index contributed by atoms with van der Waals surface area (Å²) in [5.41, 5.74) is 6.06. The van der Waals surface area contributed by atoms with Crippen molar-refractivity contribution < 1.29 is 0 Å². The molecule has 2 fully saturated rings. The van der Waals surface area contributed by atoms with Crippen LogP contribution in [-0.4, -0.2) is 30.6 Å². The minimum absolute atomic E-state index is 0.692. The van der Waals surface area contributed by atoms with E-state index in [1.165, 1.54) is 64.5 Å². The van der Waals surface area contributed by atoms with Gasteiger partial charge in [-0.2, -0.15) is 0 Å². The zero-order valence-electron chi connectivity index (χ0n) is 11.5. The fraction of sp³-hybridized carbons (Fsp3) is 1.00. The topological polar surface area (TPSA) is 29.3 Å². The smallest absolute Gasteiger partial charge is 0.0246 e. The van der Waals surface area contributed by atoms with Crippen LogP contribution in [-0.2, 0) is 0 Å². The van der Waals surface area contributed by atoms with Gasteiger partial charge in [0.25, 0.3) is 0 Å². The average Bonchev–Trinajstić information content (AvgIpc) is 2.81. The summed E-state index contributed by atoms with van der Waals surface area (Å²) in [7, 11) is 0. The molecule has 1 aliphatic carbocycles. The minimum Gasteiger partial charge on any atom is -0.329 e. The fourth-order valence-electron chi connectivity index (χ4n) is 3.97. The molecular weight excluding hydrogens is 208 g/mol. The Morgan fingerprint density at radius 3 is 2.59 bits per heavy atom. The van der Waals surface area contributed by atoms with Crippen molar-refractivity contribution in [2.24, 2.45) is 17.6 Å². The molecular formula is C15H30N2. The summed E-state index contributed by atoms with van der Waals surface area (Å²) in [6.07, 6.45) is 11.4. The van der Waals surface area contributed by atoms with Gasteiger partial charge in [0.2, 0.25) is 0 Å². The second-order valence-corrected chi connectivity index (χ2v) is 6.14. The van der Waals surface area contributed by atoms with Gasteiger partial charge in [-0.15, -0.1) is 0 Å². The molecule has 0 aromatic carbocycles. The Kier molecular flexibility index (Phi) is 5.30. The van der Waals surface area contributed by atoms with E-state index in [2.05, 4.69) is 11.8 Å². The number of likely N-dealkylation sites (tertiary alicyclic amines) is 1. The zero-order chi connectivity index (χ0) is 12.1. The van der Waals surface area contributed by atoms with Crippen molar-refractivity contribution in [2.45, 2.75) is 64.3 Å². The van der Waals surface area contributed by atoms with Crippen LogP contribution in [0.25, 0.3) is 0 Å². The zero-order valence-corrected chi connectivity index (χ0v) is 11.5. The van der Waals surface area contributed by atoms with Gasteiger partial charge in [0.05, 0.1) is 0 Å². The van der Waals surface area contributed by atoms with Gasteiger partial charge in [-0.3, -0.25) is 4.90 Å². The summed E-state index contributed by atoms with van der Waals surface area (Å²) in [6.45, 7) is 5.82. The van der Waals surface area contributed by atoms with Crippen molar-refractivity contribution in [1.82, 2.24) is 4.90 Å². The predicted octanol–water partition coefficient (Wildman–Crippen LogP) is 3.02. The quantitative estimate of drug-likeness (QED) is 0.798. The standard InChI is InChI=1S/C15H30N2/c1-2-6-13-9-10-17(12-13)15(11-16)14-7-4-3-5-8-14/h13-15H,2-12,16H2,1H3. The lowest BCUT2D eigenvalue weighted by atomic mass is 9.83. The molecule has 1 aliphatic heterocycles. The Morgan fingerprint density at radius 1 is 1.18 bits per heavy atom. The predicted molar refractivity (Wildman–Crippen MR) is 74.0 cm³/mol. The van der Waals surface area contributed by atoms with Gasteiger partial charge in [0, 0.05) is 19.1 Å². The van der Waals surface area contributed by atoms with Gasteiger partial charge in [-0.25, -0.2) is 0 Å². The van der Waals surface area contributed by atoms with Crippen LogP contribution in [0.2, 0.25) is 0 Å². The van der Waals surface area contributed by atoms with E-state index in [1.54, 1.807) is 0 Å². The third-order valence-corrected chi connectivity index (χ3v) is 4.92. The summed E-state index contributed by atoms with van der Waals surface area (Å²) >= 11 is 0. The number of nitrogens with zero attached hydrogens (tertiary/aromatic N) is 1. The van der Waals surface area contributed by atoms with Crippen LogP contribution in [0.3, 0.4) is 0 Å². The lowest BCUT2D eigenvalue weighted by Crippen LogP contribution is -2.45. The molecule has 0 radical (unpaired) electrons. The van der Waals surface area contributed by atoms with Crippen molar-refractivity contribution in [1.29, 1.82) is 0 Å². The van der Waals surface area contributed by atoms with Crippen LogP contribution in [0, 0.1) is 11.8 Å². The van der Waals surface area contributed by atoms with Crippen LogP contribution >= 0.6 is 0 Å². The molecule has 0 amide bonds. The normalized spacial score (nSPS) is 29.6. The van der Waals surface area contributed by atoms with E-state index in [0.717, 1.165) is 18.4 Å². The molecule has 2 nitrogen and oxygen atoms in total. The second kappa shape index (κ2) is 6.75. The fourth-order valence-corrected chi connectivity index (χ4v) is 3.97. The Balaban J connectivity index is 1.85. The van der Waals surface area contributed by atoms with E-state index in [1.807, 2.05) is 0 Å². The van der Waals surface area contributed by atoms with E-state index in [0.29, 0.717) is 6.04 Å². The van der Waals surface area contributed by atoms with E-state index in [4.69, 9.17) is 5.73 Å². The summed E-state index contributed by atoms with van der Waals surface area (Å²) in [5, 5.41) is 0. The largest absolute Gasteiger partial charge is 0.329 e. The summed E-state index contributed by atoms with van der Waals surface area (Å²) in [4.78, 5) is 2.72. The Bertz CT molecular complexity index is 211. The second-order valence-electron chi connectivity index (χ2n) is 6.14. The molecule has 1 saturated carbocycles. The van der Waals surface area contributed by atoms with Crippen LogP contribution in [0.4, 0.5) is 0 Å². The highest BCUT2D eigenvalue weighted by Gasteiger charge is 2.32. The van der Waals surface area contributed by atoms with Crippen LogP contribution in [0.5, 0.6) is 0 Å². The van der Waals surface area contributed by atoms with Crippen molar-refractivity contribution in [2.75, 3.05) is 19.6 Å². The number of hydrogen-bond donors (Lipinski definition) is 1. The molecule has 17 heavy (non-hydrogen) atoms. The van der Waals surface area contributed by atoms with E-state index >= 15 is 0 Å². The third-order valence-electron chi connectivity index (χ3n) is 4.92. The average molecular weight is 238 g/mol. The highest BCUT2D eigenvalue weighted by molar-refractivity contribution is 4.87. The molecule has 2 heteroatoms. The summed E-state index contributed by atoms with van der Waals surface area (Å²) in [5.74, 6) is 1.85. The SMILES string of the molecule is CCCC1CCN(C(CN)C2CCCCC2)C1. The third kappa shape index (κ3) is 3.45. The highest BCUT2D eigenvalue weighted by atomic mass is 15.2. The first-order chi connectivity index (χ1) is 8.35. The molecule has 2 unspecified atom stereocenters. The summed E-state index contributed by atoms with van der Waals surface area (Å²) in [6, 6.07) is 0.692. The molecule has 0 spiro atoms. The first-order valence-electron chi connectivity index (χ1n) is 7.79.